The van der Waals surface area contributed by atoms with Gasteiger partial charge in [0, 0.05) is 25.2 Å². The zero-order valence-corrected chi connectivity index (χ0v) is 8.91. The number of amides is 1. The smallest absolute Gasteiger partial charge is 0.305 e. The molecule has 1 heterocycles. The Labute approximate surface area is 92.7 Å². The third kappa shape index (κ3) is 3.53. The highest BCUT2D eigenvalue weighted by Gasteiger charge is 2.30. The minimum absolute atomic E-state index is 0.179. The molecule has 0 aromatic rings. The largest absolute Gasteiger partial charge is 0.481 e. The highest BCUT2D eigenvalue weighted by atomic mass is 35.5. The summed E-state index contributed by atoms with van der Waals surface area (Å²) in [5.41, 5.74) is 1.37. The van der Waals surface area contributed by atoms with Crippen LogP contribution in [0.4, 0.5) is 0 Å². The van der Waals surface area contributed by atoms with Gasteiger partial charge in [0.15, 0.2) is 0 Å². The van der Waals surface area contributed by atoms with Gasteiger partial charge in [-0.2, -0.15) is 0 Å². The molecule has 0 spiro atoms. The van der Waals surface area contributed by atoms with Crippen LogP contribution < -0.4 is 5.32 Å². The van der Waals surface area contributed by atoms with E-state index >= 15 is 0 Å². The third-order valence-electron chi connectivity index (χ3n) is 2.24. The van der Waals surface area contributed by atoms with Gasteiger partial charge >= 0.3 is 5.97 Å². The van der Waals surface area contributed by atoms with Gasteiger partial charge in [-0.1, -0.05) is 17.7 Å². The van der Waals surface area contributed by atoms with Crippen LogP contribution in [0.5, 0.6) is 0 Å². The molecule has 0 bridgehead atoms. The number of carbonyl (C=O) groups excluding carboxylic acids is 1. The summed E-state index contributed by atoms with van der Waals surface area (Å²) in [6.07, 6.45) is 1.51. The van der Waals surface area contributed by atoms with Crippen molar-refractivity contribution >= 4 is 23.5 Å². The summed E-state index contributed by atoms with van der Waals surface area (Å²) >= 11 is 5.39. The molecule has 0 aromatic heterocycles. The molecule has 1 rings (SSSR count). The molecule has 1 saturated heterocycles. The Hall–Kier alpha value is -1.07. The van der Waals surface area contributed by atoms with Gasteiger partial charge in [0.2, 0.25) is 5.91 Å². The van der Waals surface area contributed by atoms with Crippen molar-refractivity contribution in [3.05, 3.63) is 11.6 Å². The molecular formula is C9H13ClN2O3. The van der Waals surface area contributed by atoms with Crippen molar-refractivity contribution < 1.29 is 14.7 Å². The first-order valence-corrected chi connectivity index (χ1v) is 5.07. The Kier molecular flexibility index (Phi) is 4.58. The van der Waals surface area contributed by atoms with E-state index in [0.717, 1.165) is 0 Å². The predicted molar refractivity (Wildman–Crippen MR) is 55.6 cm³/mol. The van der Waals surface area contributed by atoms with Gasteiger partial charge in [-0.3, -0.25) is 14.5 Å². The second kappa shape index (κ2) is 5.72. The molecule has 0 saturated carbocycles. The zero-order valence-electron chi connectivity index (χ0n) is 8.15. The normalized spacial score (nSPS) is 23.0. The monoisotopic (exact) mass is 232 g/mol. The molecule has 1 amide bonds. The van der Waals surface area contributed by atoms with Gasteiger partial charge in [0.1, 0.15) is 0 Å². The number of carbonyl (C=O) groups is 2. The minimum Gasteiger partial charge on any atom is -0.481 e. The number of hydrogen-bond donors (Lipinski definition) is 2. The standard InChI is InChI=1S/C9H13ClN2O3/c10-2-1-4-12-5-3-11-9(15)7(12)6-8(13)14/h1-2,7H,3-6H2,(H,11,15)(H,13,14). The summed E-state index contributed by atoms with van der Waals surface area (Å²) < 4.78 is 0. The molecule has 1 unspecified atom stereocenters. The molecule has 0 aliphatic carbocycles. The van der Waals surface area contributed by atoms with Crippen molar-refractivity contribution in [3.8, 4) is 0 Å². The fraction of sp³-hybridized carbons (Fsp3) is 0.556. The van der Waals surface area contributed by atoms with Gasteiger partial charge in [-0.15, -0.1) is 0 Å². The Bertz CT molecular complexity index is 281. The van der Waals surface area contributed by atoms with Gasteiger partial charge in [0.05, 0.1) is 12.5 Å². The number of carboxylic acid groups (broad SMARTS) is 1. The van der Waals surface area contributed by atoms with Crippen LogP contribution in [0.15, 0.2) is 11.6 Å². The van der Waals surface area contributed by atoms with E-state index in [4.69, 9.17) is 16.7 Å². The maximum absolute atomic E-state index is 11.4. The molecule has 1 atom stereocenters. The van der Waals surface area contributed by atoms with Crippen molar-refractivity contribution in [3.63, 3.8) is 0 Å². The van der Waals surface area contributed by atoms with Crippen LogP contribution in [0, 0.1) is 0 Å². The minimum atomic E-state index is -0.975. The number of nitrogens with one attached hydrogen (secondary N) is 1. The summed E-state index contributed by atoms with van der Waals surface area (Å²) in [5.74, 6) is -1.21. The van der Waals surface area contributed by atoms with Crippen molar-refractivity contribution in [2.75, 3.05) is 19.6 Å². The molecule has 1 aliphatic heterocycles. The van der Waals surface area contributed by atoms with E-state index in [1.54, 1.807) is 11.0 Å². The van der Waals surface area contributed by atoms with Crippen LogP contribution in [0.2, 0.25) is 0 Å². The Morgan fingerprint density at radius 1 is 1.73 bits per heavy atom. The second-order valence-corrected chi connectivity index (χ2v) is 3.51. The first kappa shape index (κ1) is 12.0. The van der Waals surface area contributed by atoms with Crippen molar-refractivity contribution in [2.45, 2.75) is 12.5 Å². The lowest BCUT2D eigenvalue weighted by Crippen LogP contribution is -2.55. The molecule has 5 nitrogen and oxygen atoms in total. The highest BCUT2D eigenvalue weighted by Crippen LogP contribution is 2.08. The maximum Gasteiger partial charge on any atom is 0.305 e. The molecule has 84 valence electrons. The lowest BCUT2D eigenvalue weighted by molar-refractivity contribution is -0.142. The number of piperazine rings is 1. The van der Waals surface area contributed by atoms with E-state index in [1.807, 2.05) is 0 Å². The number of carboxylic acids is 1. The number of aliphatic carboxylic acids is 1. The lowest BCUT2D eigenvalue weighted by atomic mass is 10.1. The van der Waals surface area contributed by atoms with E-state index in [-0.39, 0.29) is 12.3 Å². The Morgan fingerprint density at radius 3 is 3.07 bits per heavy atom. The average Bonchev–Trinajstić information content (AvgIpc) is 2.18. The van der Waals surface area contributed by atoms with Crippen molar-refractivity contribution in [1.29, 1.82) is 0 Å². The second-order valence-electron chi connectivity index (χ2n) is 3.26. The number of halogens is 1. The summed E-state index contributed by atoms with van der Waals surface area (Å²) in [7, 11) is 0. The van der Waals surface area contributed by atoms with Gasteiger partial charge in [-0.05, 0) is 0 Å². The molecule has 0 aromatic carbocycles. The zero-order chi connectivity index (χ0) is 11.3. The van der Waals surface area contributed by atoms with Gasteiger partial charge in [0.25, 0.3) is 0 Å². The van der Waals surface area contributed by atoms with Crippen LogP contribution in [0.3, 0.4) is 0 Å². The third-order valence-corrected chi connectivity index (χ3v) is 2.42. The molecular weight excluding hydrogens is 220 g/mol. The van der Waals surface area contributed by atoms with Crippen LogP contribution in [-0.2, 0) is 9.59 Å². The quantitative estimate of drug-likeness (QED) is 0.717. The Balaban J connectivity index is 2.63. The molecule has 1 aliphatic rings. The topological polar surface area (TPSA) is 69.6 Å². The maximum atomic E-state index is 11.4. The van der Waals surface area contributed by atoms with Gasteiger partial charge in [-0.25, -0.2) is 0 Å². The summed E-state index contributed by atoms with van der Waals surface area (Å²) in [4.78, 5) is 23.8. The number of nitrogens with zero attached hydrogens (tertiary/aromatic N) is 1. The molecule has 1 fully saturated rings. The van der Waals surface area contributed by atoms with E-state index in [0.29, 0.717) is 19.6 Å². The average molecular weight is 233 g/mol. The highest BCUT2D eigenvalue weighted by molar-refractivity contribution is 6.25. The van der Waals surface area contributed by atoms with E-state index in [1.165, 1.54) is 5.54 Å². The fourth-order valence-corrected chi connectivity index (χ4v) is 1.62. The van der Waals surface area contributed by atoms with Crippen LogP contribution in [-0.4, -0.2) is 47.6 Å². The number of hydrogen-bond acceptors (Lipinski definition) is 3. The SMILES string of the molecule is O=C(O)CC1C(=O)NCCN1CC=CCl. The molecule has 0 radical (unpaired) electrons. The van der Waals surface area contributed by atoms with Crippen LogP contribution in [0.25, 0.3) is 0 Å². The lowest BCUT2D eigenvalue weighted by Gasteiger charge is -2.33. The molecule has 15 heavy (non-hydrogen) atoms. The summed E-state index contributed by atoms with van der Waals surface area (Å²) in [6, 6.07) is -0.593. The molecule has 2 N–H and O–H groups in total. The van der Waals surface area contributed by atoms with Crippen molar-refractivity contribution in [1.82, 2.24) is 10.2 Å². The van der Waals surface area contributed by atoms with Crippen molar-refractivity contribution in [2.24, 2.45) is 0 Å². The first-order valence-electron chi connectivity index (χ1n) is 4.64. The summed E-state index contributed by atoms with van der Waals surface area (Å²) in [5, 5.41) is 11.3. The predicted octanol–water partition coefficient (Wildman–Crippen LogP) is 0.0140. The Morgan fingerprint density at radius 2 is 2.47 bits per heavy atom. The summed E-state index contributed by atoms with van der Waals surface area (Å²) in [6.45, 7) is 1.69. The van der Waals surface area contributed by atoms with E-state index in [2.05, 4.69) is 5.32 Å². The molecule has 6 heteroatoms. The van der Waals surface area contributed by atoms with Crippen LogP contribution >= 0.6 is 11.6 Å². The fourth-order valence-electron chi connectivity index (χ4n) is 1.54. The first-order chi connectivity index (χ1) is 7.15. The number of rotatable bonds is 4. The van der Waals surface area contributed by atoms with E-state index < -0.39 is 12.0 Å². The van der Waals surface area contributed by atoms with Gasteiger partial charge < -0.3 is 10.4 Å². The van der Waals surface area contributed by atoms with Crippen LogP contribution in [0.1, 0.15) is 6.42 Å². The van der Waals surface area contributed by atoms with E-state index in [9.17, 15) is 9.59 Å².